The Labute approximate surface area is 85.2 Å². The lowest BCUT2D eigenvalue weighted by Crippen LogP contribution is -2.30. The highest BCUT2D eigenvalue weighted by Gasteiger charge is 2.36. The molecule has 1 fully saturated rings. The second kappa shape index (κ2) is 5.66. The summed E-state index contributed by atoms with van der Waals surface area (Å²) < 4.78 is 16.4. The average Bonchev–Trinajstić information content (AvgIpc) is 2.47. The lowest BCUT2D eigenvalue weighted by atomic mass is 10.2. The summed E-state index contributed by atoms with van der Waals surface area (Å²) in [6, 6.07) is 0. The fourth-order valence-corrected chi connectivity index (χ4v) is 1.63. The molecule has 0 aliphatic carbocycles. The maximum atomic E-state index is 9.07. The molecule has 0 radical (unpaired) electrons. The topological polar surface area (TPSA) is 47.9 Å². The molecule has 4 heteroatoms. The van der Waals surface area contributed by atoms with Gasteiger partial charge in [0, 0.05) is 13.0 Å². The standard InChI is InChI=1S/C10H20O4/c1-4-12-10-5-8(13-7(2)3)9(6-11)14-10/h7-11H,4-6H2,1-3H3/t8-,9+,10-/m0/s1. The van der Waals surface area contributed by atoms with Gasteiger partial charge in [-0.2, -0.15) is 0 Å². The zero-order valence-corrected chi connectivity index (χ0v) is 9.10. The van der Waals surface area contributed by atoms with Crippen molar-refractivity contribution in [3.05, 3.63) is 0 Å². The first-order valence-corrected chi connectivity index (χ1v) is 5.20. The highest BCUT2D eigenvalue weighted by Crippen LogP contribution is 2.24. The Morgan fingerprint density at radius 1 is 1.50 bits per heavy atom. The van der Waals surface area contributed by atoms with Crippen molar-refractivity contribution in [2.45, 2.75) is 51.8 Å². The maximum absolute atomic E-state index is 9.07. The highest BCUT2D eigenvalue weighted by molar-refractivity contribution is 4.79. The van der Waals surface area contributed by atoms with Gasteiger partial charge in [0.2, 0.25) is 0 Å². The van der Waals surface area contributed by atoms with Crippen molar-refractivity contribution >= 4 is 0 Å². The van der Waals surface area contributed by atoms with Gasteiger partial charge in [0.25, 0.3) is 0 Å². The van der Waals surface area contributed by atoms with Crippen LogP contribution >= 0.6 is 0 Å². The van der Waals surface area contributed by atoms with Gasteiger partial charge in [0.15, 0.2) is 6.29 Å². The SMILES string of the molecule is CCO[C@@H]1C[C@H](OC(C)C)[C@@H](CO)O1. The first-order chi connectivity index (χ1) is 6.67. The van der Waals surface area contributed by atoms with Crippen molar-refractivity contribution in [3.63, 3.8) is 0 Å². The Kier molecular flexibility index (Phi) is 4.81. The van der Waals surface area contributed by atoms with E-state index in [1.165, 1.54) is 0 Å². The molecule has 84 valence electrons. The fourth-order valence-electron chi connectivity index (χ4n) is 1.63. The van der Waals surface area contributed by atoms with Gasteiger partial charge in [-0.3, -0.25) is 0 Å². The number of hydrogen-bond acceptors (Lipinski definition) is 4. The molecule has 1 saturated heterocycles. The van der Waals surface area contributed by atoms with Gasteiger partial charge >= 0.3 is 0 Å². The summed E-state index contributed by atoms with van der Waals surface area (Å²) in [4.78, 5) is 0. The van der Waals surface area contributed by atoms with Gasteiger partial charge in [-0.1, -0.05) is 0 Å². The van der Waals surface area contributed by atoms with Crippen LogP contribution in [0.15, 0.2) is 0 Å². The molecule has 3 atom stereocenters. The zero-order chi connectivity index (χ0) is 10.6. The quantitative estimate of drug-likeness (QED) is 0.723. The first kappa shape index (κ1) is 11.9. The third-order valence-corrected chi connectivity index (χ3v) is 2.15. The van der Waals surface area contributed by atoms with E-state index in [1.54, 1.807) is 0 Å². The Hall–Kier alpha value is -0.160. The van der Waals surface area contributed by atoms with E-state index in [0.29, 0.717) is 13.0 Å². The van der Waals surface area contributed by atoms with Crippen molar-refractivity contribution in [1.82, 2.24) is 0 Å². The predicted molar refractivity (Wildman–Crippen MR) is 52.0 cm³/mol. The maximum Gasteiger partial charge on any atom is 0.160 e. The third kappa shape index (κ3) is 3.20. The van der Waals surface area contributed by atoms with Crippen molar-refractivity contribution in [2.24, 2.45) is 0 Å². The molecule has 4 nitrogen and oxygen atoms in total. The minimum absolute atomic E-state index is 0.0129. The lowest BCUT2D eigenvalue weighted by Gasteiger charge is -2.18. The normalized spacial score (nSPS) is 32.8. The van der Waals surface area contributed by atoms with Crippen LogP contribution in [0.2, 0.25) is 0 Å². The second-order valence-corrected chi connectivity index (χ2v) is 3.70. The summed E-state index contributed by atoms with van der Waals surface area (Å²) in [7, 11) is 0. The molecule has 0 spiro atoms. The molecule has 14 heavy (non-hydrogen) atoms. The van der Waals surface area contributed by atoms with Crippen LogP contribution in [0.4, 0.5) is 0 Å². The van der Waals surface area contributed by atoms with Crippen molar-refractivity contribution < 1.29 is 19.3 Å². The molecule has 0 aromatic carbocycles. The van der Waals surface area contributed by atoms with Crippen molar-refractivity contribution in [2.75, 3.05) is 13.2 Å². The highest BCUT2D eigenvalue weighted by atomic mass is 16.7. The molecule has 0 unspecified atom stereocenters. The Balaban J connectivity index is 2.41. The molecule has 0 saturated carbocycles. The first-order valence-electron chi connectivity index (χ1n) is 5.20. The molecule has 1 heterocycles. The molecule has 1 N–H and O–H groups in total. The summed E-state index contributed by atoms with van der Waals surface area (Å²) in [6.45, 7) is 6.48. The third-order valence-electron chi connectivity index (χ3n) is 2.15. The van der Waals surface area contributed by atoms with Crippen LogP contribution in [-0.2, 0) is 14.2 Å². The van der Waals surface area contributed by atoms with Crippen LogP contribution in [0.25, 0.3) is 0 Å². The molecular formula is C10H20O4. The van der Waals surface area contributed by atoms with E-state index >= 15 is 0 Å². The van der Waals surface area contributed by atoms with Crippen LogP contribution in [-0.4, -0.2) is 42.9 Å². The average molecular weight is 204 g/mol. The lowest BCUT2D eigenvalue weighted by molar-refractivity contribution is -0.143. The van der Waals surface area contributed by atoms with Gasteiger partial charge in [-0.05, 0) is 20.8 Å². The number of aliphatic hydroxyl groups excluding tert-OH is 1. The summed E-state index contributed by atoms with van der Waals surface area (Å²) in [6.07, 6.45) is 0.349. The zero-order valence-electron chi connectivity index (χ0n) is 9.10. The minimum Gasteiger partial charge on any atom is -0.394 e. The van der Waals surface area contributed by atoms with E-state index in [0.717, 1.165) is 0 Å². The second-order valence-electron chi connectivity index (χ2n) is 3.70. The largest absolute Gasteiger partial charge is 0.394 e. The summed E-state index contributed by atoms with van der Waals surface area (Å²) in [5.41, 5.74) is 0. The molecule has 0 amide bonds. The minimum atomic E-state index is -0.242. The van der Waals surface area contributed by atoms with E-state index in [2.05, 4.69) is 0 Å². The van der Waals surface area contributed by atoms with Crippen LogP contribution in [0, 0.1) is 0 Å². The Morgan fingerprint density at radius 3 is 2.71 bits per heavy atom. The molecular weight excluding hydrogens is 184 g/mol. The van der Waals surface area contributed by atoms with E-state index in [1.807, 2.05) is 20.8 Å². The number of hydrogen-bond donors (Lipinski definition) is 1. The van der Waals surface area contributed by atoms with E-state index in [9.17, 15) is 0 Å². The molecule has 1 aliphatic rings. The van der Waals surface area contributed by atoms with Gasteiger partial charge in [-0.25, -0.2) is 0 Å². The number of aliphatic hydroxyl groups is 1. The monoisotopic (exact) mass is 204 g/mol. The Bertz CT molecular complexity index is 160. The molecule has 0 aromatic heterocycles. The predicted octanol–water partition coefficient (Wildman–Crippen LogP) is 0.924. The van der Waals surface area contributed by atoms with E-state index < -0.39 is 0 Å². The smallest absolute Gasteiger partial charge is 0.160 e. The molecule has 1 aliphatic heterocycles. The molecule has 1 rings (SSSR count). The number of ether oxygens (including phenoxy) is 3. The van der Waals surface area contributed by atoms with Crippen molar-refractivity contribution in [3.8, 4) is 0 Å². The van der Waals surface area contributed by atoms with Gasteiger partial charge in [0.05, 0.1) is 18.8 Å². The van der Waals surface area contributed by atoms with Crippen molar-refractivity contribution in [1.29, 1.82) is 0 Å². The number of rotatable bonds is 5. The molecule has 0 aromatic rings. The summed E-state index contributed by atoms with van der Waals surface area (Å²) in [5.74, 6) is 0. The van der Waals surface area contributed by atoms with Crippen LogP contribution in [0.1, 0.15) is 27.2 Å². The van der Waals surface area contributed by atoms with Crippen LogP contribution in [0.5, 0.6) is 0 Å². The molecule has 0 bridgehead atoms. The van der Waals surface area contributed by atoms with E-state index in [4.69, 9.17) is 19.3 Å². The summed E-state index contributed by atoms with van der Waals surface area (Å²) in [5, 5.41) is 9.07. The summed E-state index contributed by atoms with van der Waals surface area (Å²) >= 11 is 0. The van der Waals surface area contributed by atoms with E-state index in [-0.39, 0.29) is 31.2 Å². The Morgan fingerprint density at radius 2 is 2.21 bits per heavy atom. The fraction of sp³-hybridized carbons (Fsp3) is 1.00. The van der Waals surface area contributed by atoms with Crippen LogP contribution in [0.3, 0.4) is 0 Å². The van der Waals surface area contributed by atoms with Gasteiger partial charge in [-0.15, -0.1) is 0 Å². The van der Waals surface area contributed by atoms with Crippen LogP contribution < -0.4 is 0 Å². The van der Waals surface area contributed by atoms with Gasteiger partial charge in [0.1, 0.15) is 6.10 Å². The van der Waals surface area contributed by atoms with Gasteiger partial charge < -0.3 is 19.3 Å².